The van der Waals surface area contributed by atoms with Crippen LogP contribution in [0.25, 0.3) is 0 Å². The third-order valence-electron chi connectivity index (χ3n) is 3.67. The Bertz CT molecular complexity index is 533. The number of benzene rings is 1. The SMILES string of the molecule is CO[C@@H]1CCCN(CC(=O)Nc2ccccc2NC(C)=O)C1. The number of nitrogens with zero attached hydrogens (tertiary/aromatic N) is 1. The van der Waals surface area contributed by atoms with E-state index < -0.39 is 0 Å². The first kappa shape index (κ1) is 16.5. The van der Waals surface area contributed by atoms with Crippen molar-refractivity contribution in [2.24, 2.45) is 0 Å². The third-order valence-corrected chi connectivity index (χ3v) is 3.67. The molecule has 1 fully saturated rings. The molecule has 2 rings (SSSR count). The Morgan fingerprint density at radius 3 is 2.59 bits per heavy atom. The molecule has 1 saturated heterocycles. The predicted molar refractivity (Wildman–Crippen MR) is 85.8 cm³/mol. The molecule has 0 aliphatic carbocycles. The molecule has 0 aromatic heterocycles. The van der Waals surface area contributed by atoms with Gasteiger partial charge in [-0.15, -0.1) is 0 Å². The van der Waals surface area contributed by atoms with Crippen LogP contribution < -0.4 is 10.6 Å². The minimum atomic E-state index is -0.166. The highest BCUT2D eigenvalue weighted by Crippen LogP contribution is 2.21. The largest absolute Gasteiger partial charge is 0.380 e. The lowest BCUT2D eigenvalue weighted by atomic mass is 10.1. The molecule has 0 unspecified atom stereocenters. The minimum absolute atomic E-state index is 0.0884. The van der Waals surface area contributed by atoms with Gasteiger partial charge in [0.2, 0.25) is 11.8 Å². The fourth-order valence-corrected chi connectivity index (χ4v) is 2.63. The summed E-state index contributed by atoms with van der Waals surface area (Å²) in [7, 11) is 1.71. The monoisotopic (exact) mass is 305 g/mol. The quantitative estimate of drug-likeness (QED) is 0.868. The Morgan fingerprint density at radius 2 is 1.95 bits per heavy atom. The van der Waals surface area contributed by atoms with Gasteiger partial charge in [0.1, 0.15) is 0 Å². The first-order valence-electron chi connectivity index (χ1n) is 7.50. The molecule has 6 heteroatoms. The van der Waals surface area contributed by atoms with Crippen molar-refractivity contribution in [2.75, 3.05) is 37.4 Å². The maximum absolute atomic E-state index is 12.2. The van der Waals surface area contributed by atoms with Crippen LogP contribution in [-0.2, 0) is 14.3 Å². The molecule has 0 radical (unpaired) electrons. The fourth-order valence-electron chi connectivity index (χ4n) is 2.63. The molecule has 2 N–H and O–H groups in total. The molecule has 1 heterocycles. The summed E-state index contributed by atoms with van der Waals surface area (Å²) in [5, 5.41) is 5.57. The smallest absolute Gasteiger partial charge is 0.238 e. The molecule has 1 aliphatic heterocycles. The number of anilines is 2. The Hall–Kier alpha value is -1.92. The Kier molecular flexibility index (Phi) is 5.91. The summed E-state index contributed by atoms with van der Waals surface area (Å²) in [5.74, 6) is -0.254. The highest BCUT2D eigenvalue weighted by Gasteiger charge is 2.21. The highest BCUT2D eigenvalue weighted by molar-refractivity contribution is 5.99. The second kappa shape index (κ2) is 7.91. The summed E-state index contributed by atoms with van der Waals surface area (Å²) in [4.78, 5) is 25.5. The van der Waals surface area contributed by atoms with Crippen LogP contribution in [0.5, 0.6) is 0 Å². The van der Waals surface area contributed by atoms with Crippen molar-refractivity contribution in [3.8, 4) is 0 Å². The zero-order valence-corrected chi connectivity index (χ0v) is 13.1. The van der Waals surface area contributed by atoms with Gasteiger partial charge < -0.3 is 15.4 Å². The lowest BCUT2D eigenvalue weighted by Gasteiger charge is -2.31. The first-order valence-corrected chi connectivity index (χ1v) is 7.50. The van der Waals surface area contributed by atoms with Crippen molar-refractivity contribution >= 4 is 23.2 Å². The van der Waals surface area contributed by atoms with Crippen molar-refractivity contribution in [1.82, 2.24) is 4.90 Å². The Labute approximate surface area is 130 Å². The molecule has 22 heavy (non-hydrogen) atoms. The van der Waals surface area contributed by atoms with Gasteiger partial charge in [0, 0.05) is 20.6 Å². The number of likely N-dealkylation sites (tertiary alicyclic amines) is 1. The van der Waals surface area contributed by atoms with Crippen molar-refractivity contribution in [1.29, 1.82) is 0 Å². The van der Waals surface area contributed by atoms with E-state index in [-0.39, 0.29) is 17.9 Å². The first-order chi connectivity index (χ1) is 10.6. The maximum atomic E-state index is 12.2. The molecule has 1 aromatic rings. The molecule has 120 valence electrons. The van der Waals surface area contributed by atoms with E-state index in [4.69, 9.17) is 4.74 Å². The summed E-state index contributed by atoms with van der Waals surface area (Å²) in [6.07, 6.45) is 2.28. The summed E-state index contributed by atoms with van der Waals surface area (Å²) >= 11 is 0. The van der Waals surface area contributed by atoms with Gasteiger partial charge in [-0.1, -0.05) is 12.1 Å². The summed E-state index contributed by atoms with van der Waals surface area (Å²) in [6, 6.07) is 7.17. The summed E-state index contributed by atoms with van der Waals surface area (Å²) in [6.45, 7) is 3.45. The molecule has 0 bridgehead atoms. The number of hydrogen-bond donors (Lipinski definition) is 2. The molecule has 2 amide bonds. The molecule has 1 aromatic carbocycles. The standard InChI is InChI=1S/C16H23N3O3/c1-12(20)17-14-7-3-4-8-15(14)18-16(21)11-19-9-5-6-13(10-19)22-2/h3-4,7-8,13H,5-6,9-11H2,1-2H3,(H,17,20)(H,18,21)/t13-/m1/s1. The maximum Gasteiger partial charge on any atom is 0.238 e. The number of methoxy groups -OCH3 is 1. The number of piperidine rings is 1. The van der Waals surface area contributed by atoms with Gasteiger partial charge in [-0.25, -0.2) is 0 Å². The van der Waals surface area contributed by atoms with Crippen LogP contribution in [0.4, 0.5) is 11.4 Å². The Balaban J connectivity index is 1.93. The van der Waals surface area contributed by atoms with Gasteiger partial charge in [-0.2, -0.15) is 0 Å². The van der Waals surface area contributed by atoms with Gasteiger partial charge in [0.25, 0.3) is 0 Å². The highest BCUT2D eigenvalue weighted by atomic mass is 16.5. The summed E-state index contributed by atoms with van der Waals surface area (Å²) in [5.41, 5.74) is 1.22. The lowest BCUT2D eigenvalue weighted by Crippen LogP contribution is -2.43. The number of nitrogens with one attached hydrogen (secondary N) is 2. The average molecular weight is 305 g/mol. The van der Waals surface area contributed by atoms with E-state index in [0.717, 1.165) is 25.9 Å². The van der Waals surface area contributed by atoms with Crippen LogP contribution in [0, 0.1) is 0 Å². The number of ether oxygens (including phenoxy) is 1. The zero-order chi connectivity index (χ0) is 15.9. The van der Waals surface area contributed by atoms with Crippen LogP contribution in [0.2, 0.25) is 0 Å². The summed E-state index contributed by atoms with van der Waals surface area (Å²) < 4.78 is 5.36. The van der Waals surface area contributed by atoms with E-state index in [0.29, 0.717) is 17.9 Å². The molecular weight excluding hydrogens is 282 g/mol. The van der Waals surface area contributed by atoms with Gasteiger partial charge in [-0.05, 0) is 31.5 Å². The number of amides is 2. The van der Waals surface area contributed by atoms with Crippen molar-refractivity contribution in [2.45, 2.75) is 25.9 Å². The lowest BCUT2D eigenvalue weighted by molar-refractivity contribution is -0.118. The molecule has 1 atom stereocenters. The van der Waals surface area contributed by atoms with Gasteiger partial charge in [0.15, 0.2) is 0 Å². The fraction of sp³-hybridized carbons (Fsp3) is 0.500. The average Bonchev–Trinajstić information content (AvgIpc) is 2.49. The van der Waals surface area contributed by atoms with E-state index in [2.05, 4.69) is 15.5 Å². The van der Waals surface area contributed by atoms with Crippen LogP contribution in [-0.4, -0.2) is 49.6 Å². The number of para-hydroxylation sites is 2. The van der Waals surface area contributed by atoms with E-state index in [9.17, 15) is 9.59 Å². The molecule has 1 aliphatic rings. The molecule has 0 spiro atoms. The van der Waals surface area contributed by atoms with Gasteiger partial charge >= 0.3 is 0 Å². The predicted octanol–water partition coefficient (Wildman–Crippen LogP) is 1.69. The van der Waals surface area contributed by atoms with Gasteiger partial charge in [0.05, 0.1) is 24.0 Å². The van der Waals surface area contributed by atoms with E-state index in [1.54, 1.807) is 19.2 Å². The second-order valence-corrected chi connectivity index (χ2v) is 5.51. The molecule has 6 nitrogen and oxygen atoms in total. The van der Waals surface area contributed by atoms with Crippen LogP contribution in [0.1, 0.15) is 19.8 Å². The third kappa shape index (κ3) is 4.82. The number of rotatable bonds is 5. The topological polar surface area (TPSA) is 70.7 Å². The molecular formula is C16H23N3O3. The number of carbonyl (C=O) groups excluding carboxylic acids is 2. The van der Waals surface area contributed by atoms with Crippen LogP contribution in [0.3, 0.4) is 0 Å². The minimum Gasteiger partial charge on any atom is -0.380 e. The zero-order valence-electron chi connectivity index (χ0n) is 13.1. The van der Waals surface area contributed by atoms with Crippen molar-refractivity contribution in [3.05, 3.63) is 24.3 Å². The van der Waals surface area contributed by atoms with Crippen molar-refractivity contribution < 1.29 is 14.3 Å². The number of carbonyl (C=O) groups is 2. The van der Waals surface area contributed by atoms with E-state index >= 15 is 0 Å². The van der Waals surface area contributed by atoms with Crippen molar-refractivity contribution in [3.63, 3.8) is 0 Å². The molecule has 0 saturated carbocycles. The van der Waals surface area contributed by atoms with E-state index in [1.807, 2.05) is 12.1 Å². The van der Waals surface area contributed by atoms with Crippen LogP contribution in [0.15, 0.2) is 24.3 Å². The van der Waals surface area contributed by atoms with Crippen LogP contribution >= 0.6 is 0 Å². The number of hydrogen-bond acceptors (Lipinski definition) is 4. The Morgan fingerprint density at radius 1 is 1.27 bits per heavy atom. The second-order valence-electron chi connectivity index (χ2n) is 5.51. The van der Waals surface area contributed by atoms with E-state index in [1.165, 1.54) is 6.92 Å². The van der Waals surface area contributed by atoms with Gasteiger partial charge in [-0.3, -0.25) is 14.5 Å². The normalized spacial score (nSPS) is 18.7.